The van der Waals surface area contributed by atoms with Gasteiger partial charge in [-0.25, -0.2) is 9.97 Å². The van der Waals surface area contributed by atoms with Gasteiger partial charge >= 0.3 is 5.69 Å². The van der Waals surface area contributed by atoms with Crippen LogP contribution >= 0.6 is 23.2 Å². The van der Waals surface area contributed by atoms with Crippen molar-refractivity contribution in [2.24, 2.45) is 0 Å². The third-order valence-electron chi connectivity index (χ3n) is 3.20. The molecule has 25 heavy (non-hydrogen) atoms. The number of hydrogen-bond acceptors (Lipinski definition) is 7. The van der Waals surface area contributed by atoms with E-state index in [-0.39, 0.29) is 23.9 Å². The van der Waals surface area contributed by atoms with Crippen LogP contribution in [0.1, 0.15) is 5.76 Å². The van der Waals surface area contributed by atoms with Crippen molar-refractivity contribution in [1.29, 1.82) is 0 Å². The summed E-state index contributed by atoms with van der Waals surface area (Å²) in [7, 11) is 0. The van der Waals surface area contributed by atoms with Gasteiger partial charge in [0.1, 0.15) is 12.1 Å². The number of anilines is 3. The van der Waals surface area contributed by atoms with Crippen LogP contribution in [-0.4, -0.2) is 14.9 Å². The van der Waals surface area contributed by atoms with Crippen molar-refractivity contribution < 1.29 is 9.34 Å². The molecule has 3 rings (SSSR count). The Labute approximate surface area is 152 Å². The van der Waals surface area contributed by atoms with Gasteiger partial charge in [0.05, 0.1) is 28.4 Å². The first-order chi connectivity index (χ1) is 12.0. The zero-order chi connectivity index (χ0) is 17.8. The second-order valence-electron chi connectivity index (χ2n) is 4.86. The van der Waals surface area contributed by atoms with Crippen molar-refractivity contribution in [3.05, 3.63) is 68.8 Å². The van der Waals surface area contributed by atoms with Gasteiger partial charge in [0.25, 0.3) is 0 Å². The van der Waals surface area contributed by atoms with Gasteiger partial charge in [-0.05, 0) is 30.3 Å². The van der Waals surface area contributed by atoms with Gasteiger partial charge in [0, 0.05) is 5.02 Å². The van der Waals surface area contributed by atoms with Crippen LogP contribution in [0.25, 0.3) is 0 Å². The summed E-state index contributed by atoms with van der Waals surface area (Å²) in [6.45, 7) is 0.238. The van der Waals surface area contributed by atoms with Gasteiger partial charge in [-0.3, -0.25) is 10.1 Å². The molecule has 2 heterocycles. The van der Waals surface area contributed by atoms with Crippen LogP contribution in [0.3, 0.4) is 0 Å². The number of halogens is 2. The van der Waals surface area contributed by atoms with Crippen molar-refractivity contribution in [3.63, 3.8) is 0 Å². The maximum absolute atomic E-state index is 11.5. The Balaban J connectivity index is 1.92. The summed E-state index contributed by atoms with van der Waals surface area (Å²) in [5.41, 5.74) is 0.0815. The third kappa shape index (κ3) is 3.98. The van der Waals surface area contributed by atoms with E-state index in [1.54, 1.807) is 30.3 Å². The fourth-order valence-corrected chi connectivity index (χ4v) is 2.41. The Morgan fingerprint density at radius 3 is 2.72 bits per heavy atom. The Hall–Kier alpha value is -2.84. The number of nitrogens with one attached hydrogen (secondary N) is 2. The lowest BCUT2D eigenvalue weighted by Gasteiger charge is -2.10. The normalized spacial score (nSPS) is 10.5. The second kappa shape index (κ2) is 7.37. The predicted molar refractivity (Wildman–Crippen MR) is 94.5 cm³/mol. The fraction of sp³-hybridized carbons (Fsp3) is 0.0667. The Morgan fingerprint density at radius 1 is 1.20 bits per heavy atom. The van der Waals surface area contributed by atoms with Crippen LogP contribution in [0, 0.1) is 10.1 Å². The van der Waals surface area contributed by atoms with Crippen LogP contribution in [0.15, 0.2) is 47.3 Å². The maximum Gasteiger partial charge on any atom is 0.353 e. The lowest BCUT2D eigenvalue weighted by Crippen LogP contribution is -2.08. The van der Waals surface area contributed by atoms with Crippen LogP contribution in [-0.2, 0) is 6.54 Å². The van der Waals surface area contributed by atoms with E-state index in [4.69, 9.17) is 27.6 Å². The van der Waals surface area contributed by atoms with E-state index in [1.165, 1.54) is 12.6 Å². The minimum atomic E-state index is -0.578. The lowest BCUT2D eigenvalue weighted by molar-refractivity contribution is -0.383. The molecule has 0 bridgehead atoms. The van der Waals surface area contributed by atoms with E-state index >= 15 is 0 Å². The summed E-state index contributed by atoms with van der Waals surface area (Å²) >= 11 is 12.0. The first kappa shape index (κ1) is 17.0. The lowest BCUT2D eigenvalue weighted by atomic mass is 10.3. The number of hydrogen-bond donors (Lipinski definition) is 2. The molecule has 128 valence electrons. The minimum absolute atomic E-state index is 0.00823. The molecule has 0 aliphatic heterocycles. The number of nitro groups is 1. The van der Waals surface area contributed by atoms with Gasteiger partial charge in [-0.15, -0.1) is 0 Å². The van der Waals surface area contributed by atoms with Crippen molar-refractivity contribution in [2.75, 3.05) is 10.6 Å². The van der Waals surface area contributed by atoms with Crippen molar-refractivity contribution in [3.8, 4) is 0 Å². The number of aromatic nitrogens is 2. The molecular formula is C15H11Cl2N5O3. The largest absolute Gasteiger partial charge is 0.467 e. The van der Waals surface area contributed by atoms with Gasteiger partial charge < -0.3 is 15.1 Å². The topological polar surface area (TPSA) is 106 Å². The van der Waals surface area contributed by atoms with E-state index in [1.807, 2.05) is 0 Å². The quantitative estimate of drug-likeness (QED) is 0.474. The Bertz CT molecular complexity index is 902. The predicted octanol–water partition coefficient (Wildman–Crippen LogP) is 4.64. The zero-order valence-electron chi connectivity index (χ0n) is 12.6. The van der Waals surface area contributed by atoms with Gasteiger partial charge in [-0.2, -0.15) is 0 Å². The molecule has 0 amide bonds. The minimum Gasteiger partial charge on any atom is -0.467 e. The highest BCUT2D eigenvalue weighted by Crippen LogP contribution is 2.34. The van der Waals surface area contributed by atoms with Gasteiger partial charge in [-0.1, -0.05) is 23.2 Å². The third-order valence-corrected chi connectivity index (χ3v) is 3.76. The molecule has 8 nitrogen and oxygen atoms in total. The van der Waals surface area contributed by atoms with Crippen LogP contribution in [0.4, 0.5) is 23.0 Å². The summed E-state index contributed by atoms with van der Waals surface area (Å²) in [5.74, 6) is 0.656. The molecule has 3 aromatic rings. The summed E-state index contributed by atoms with van der Waals surface area (Å²) < 4.78 is 5.19. The molecular weight excluding hydrogens is 369 g/mol. The van der Waals surface area contributed by atoms with E-state index in [0.717, 1.165) is 0 Å². The van der Waals surface area contributed by atoms with E-state index in [9.17, 15) is 10.1 Å². The van der Waals surface area contributed by atoms with Crippen molar-refractivity contribution in [2.45, 2.75) is 6.54 Å². The summed E-state index contributed by atoms with van der Waals surface area (Å²) in [6.07, 6.45) is 2.72. The maximum atomic E-state index is 11.5. The molecule has 0 aliphatic rings. The molecule has 2 N–H and O–H groups in total. The standard InChI is InChI=1S/C15H11Cl2N5O3/c16-9-3-4-11(17)12(6-9)21-15-13(22(23)24)14(19-8-20-15)18-7-10-2-1-5-25-10/h1-6,8H,7H2,(H2,18,19,20,21). The molecule has 1 aromatic carbocycles. The van der Waals surface area contributed by atoms with Crippen LogP contribution in [0.2, 0.25) is 10.0 Å². The first-order valence-electron chi connectivity index (χ1n) is 7.02. The highest BCUT2D eigenvalue weighted by atomic mass is 35.5. The van der Waals surface area contributed by atoms with Gasteiger partial charge in [0.15, 0.2) is 0 Å². The monoisotopic (exact) mass is 379 g/mol. The molecule has 0 atom stereocenters. The average molecular weight is 380 g/mol. The zero-order valence-corrected chi connectivity index (χ0v) is 14.1. The molecule has 0 saturated carbocycles. The van der Waals surface area contributed by atoms with Crippen molar-refractivity contribution in [1.82, 2.24) is 9.97 Å². The van der Waals surface area contributed by atoms with Crippen LogP contribution < -0.4 is 10.6 Å². The highest BCUT2D eigenvalue weighted by molar-refractivity contribution is 6.35. The first-order valence-corrected chi connectivity index (χ1v) is 7.78. The number of furan rings is 1. The summed E-state index contributed by atoms with van der Waals surface area (Å²) in [6, 6.07) is 8.20. The second-order valence-corrected chi connectivity index (χ2v) is 5.70. The molecule has 10 heteroatoms. The molecule has 2 aromatic heterocycles. The van der Waals surface area contributed by atoms with E-state index < -0.39 is 4.92 Å². The molecule has 0 fully saturated rings. The molecule has 0 unspecified atom stereocenters. The number of nitrogens with zero attached hydrogens (tertiary/aromatic N) is 3. The van der Waals surface area contributed by atoms with E-state index in [2.05, 4.69) is 20.6 Å². The molecule has 0 radical (unpaired) electrons. The number of rotatable bonds is 6. The molecule has 0 aliphatic carbocycles. The Morgan fingerprint density at radius 2 is 2.00 bits per heavy atom. The summed E-state index contributed by atoms with van der Waals surface area (Å²) in [4.78, 5) is 18.8. The average Bonchev–Trinajstić information content (AvgIpc) is 3.09. The molecule has 0 saturated heterocycles. The molecule has 0 spiro atoms. The smallest absolute Gasteiger partial charge is 0.353 e. The SMILES string of the molecule is O=[N+]([O-])c1c(NCc2ccco2)ncnc1Nc1cc(Cl)ccc1Cl. The highest BCUT2D eigenvalue weighted by Gasteiger charge is 2.23. The Kier molecular flexibility index (Phi) is 5.01. The van der Waals surface area contributed by atoms with Crippen molar-refractivity contribution >= 4 is 46.2 Å². The number of benzene rings is 1. The summed E-state index contributed by atoms with van der Waals surface area (Å²) in [5, 5.41) is 18.0. The van der Waals surface area contributed by atoms with Gasteiger partial charge in [0.2, 0.25) is 11.6 Å². The van der Waals surface area contributed by atoms with E-state index in [0.29, 0.717) is 21.5 Å². The van der Waals surface area contributed by atoms with Crippen LogP contribution in [0.5, 0.6) is 0 Å². The fourth-order valence-electron chi connectivity index (χ4n) is 2.08.